The fraction of sp³-hybridized carbons (Fsp3) is 0.0800. The molecule has 0 aliphatic carbocycles. The van der Waals surface area contributed by atoms with E-state index in [4.69, 9.17) is 4.98 Å². The Labute approximate surface area is 179 Å². The quantitative estimate of drug-likeness (QED) is 0.348. The zero-order valence-corrected chi connectivity index (χ0v) is 17.2. The molecule has 0 atom stereocenters. The summed E-state index contributed by atoms with van der Waals surface area (Å²) in [5.74, 6) is 0. The maximum Gasteiger partial charge on any atom is 0.124 e. The van der Waals surface area contributed by atoms with Gasteiger partial charge in [0.05, 0.1) is 34.7 Å². The van der Waals surface area contributed by atoms with E-state index in [9.17, 15) is 0 Å². The first-order chi connectivity index (χ1) is 14.8. The number of anilines is 1. The molecule has 0 unspecified atom stereocenters. The summed E-state index contributed by atoms with van der Waals surface area (Å²) < 4.78 is 1.21. The van der Waals surface area contributed by atoms with E-state index in [2.05, 4.69) is 69.5 Å². The number of nitrogens with zero attached hydrogens (tertiary/aromatic N) is 4. The molecule has 0 saturated heterocycles. The summed E-state index contributed by atoms with van der Waals surface area (Å²) in [6, 6.07) is 28.9. The van der Waals surface area contributed by atoms with Gasteiger partial charge in [0.25, 0.3) is 0 Å². The molecular weight excluding hydrogens is 388 g/mol. The zero-order valence-electron chi connectivity index (χ0n) is 16.3. The van der Waals surface area contributed by atoms with Gasteiger partial charge in [-0.2, -0.15) is 0 Å². The maximum atomic E-state index is 4.78. The van der Waals surface area contributed by atoms with Crippen molar-refractivity contribution in [3.63, 3.8) is 0 Å². The highest BCUT2D eigenvalue weighted by Gasteiger charge is 2.12. The standard InChI is InChI=1S/C25H20N4S/c1-2-10-24-23(9-1)28-25(30-24)19-11-13-22(14-12-19)29(17-20-7-3-5-15-26-20)18-21-8-4-6-16-27-21/h1-16H,17-18H2. The number of rotatable bonds is 6. The van der Waals surface area contributed by atoms with E-state index in [1.807, 2.05) is 42.7 Å². The van der Waals surface area contributed by atoms with Gasteiger partial charge >= 0.3 is 0 Å². The largest absolute Gasteiger partial charge is 0.360 e. The van der Waals surface area contributed by atoms with Gasteiger partial charge in [0, 0.05) is 23.6 Å². The lowest BCUT2D eigenvalue weighted by Crippen LogP contribution is -2.23. The third-order valence-corrected chi connectivity index (χ3v) is 6.02. The van der Waals surface area contributed by atoms with E-state index in [0.717, 1.165) is 46.3 Å². The summed E-state index contributed by atoms with van der Waals surface area (Å²) in [5.41, 5.74) is 5.38. The van der Waals surface area contributed by atoms with Gasteiger partial charge in [0.15, 0.2) is 0 Å². The predicted octanol–water partition coefficient (Wildman–Crippen LogP) is 5.96. The van der Waals surface area contributed by atoms with Crippen molar-refractivity contribution in [2.75, 3.05) is 4.90 Å². The highest BCUT2D eigenvalue weighted by molar-refractivity contribution is 7.21. The van der Waals surface area contributed by atoms with E-state index in [0.29, 0.717) is 0 Å². The van der Waals surface area contributed by atoms with Crippen LogP contribution >= 0.6 is 11.3 Å². The van der Waals surface area contributed by atoms with Crippen molar-refractivity contribution in [3.05, 3.63) is 109 Å². The third kappa shape index (κ3) is 4.07. The SMILES string of the molecule is c1ccc(CN(Cc2ccccn2)c2ccc(-c3nc4ccccc4s3)cc2)nc1. The van der Waals surface area contributed by atoms with Crippen LogP contribution in [-0.4, -0.2) is 15.0 Å². The number of thiazole rings is 1. The first-order valence-corrected chi connectivity index (χ1v) is 10.7. The summed E-state index contributed by atoms with van der Waals surface area (Å²) in [6.45, 7) is 1.44. The van der Waals surface area contributed by atoms with Crippen LogP contribution in [0.15, 0.2) is 97.3 Å². The Balaban J connectivity index is 1.44. The van der Waals surface area contributed by atoms with Crippen LogP contribution < -0.4 is 4.90 Å². The second kappa shape index (κ2) is 8.43. The van der Waals surface area contributed by atoms with Crippen molar-refractivity contribution < 1.29 is 0 Å². The highest BCUT2D eigenvalue weighted by atomic mass is 32.1. The normalized spacial score (nSPS) is 10.9. The van der Waals surface area contributed by atoms with Crippen molar-refractivity contribution in [3.8, 4) is 10.6 Å². The van der Waals surface area contributed by atoms with Crippen molar-refractivity contribution in [1.29, 1.82) is 0 Å². The molecule has 0 N–H and O–H groups in total. The van der Waals surface area contributed by atoms with Crippen LogP contribution in [0.2, 0.25) is 0 Å². The molecule has 3 heterocycles. The predicted molar refractivity (Wildman–Crippen MR) is 123 cm³/mol. The van der Waals surface area contributed by atoms with Crippen LogP contribution in [0.4, 0.5) is 5.69 Å². The Morgan fingerprint density at radius 1 is 0.667 bits per heavy atom. The smallest absolute Gasteiger partial charge is 0.124 e. The molecule has 0 fully saturated rings. The number of pyridine rings is 2. The summed E-state index contributed by atoms with van der Waals surface area (Å²) >= 11 is 1.73. The molecule has 30 heavy (non-hydrogen) atoms. The molecular formula is C25H20N4S. The number of hydrogen-bond donors (Lipinski definition) is 0. The van der Waals surface area contributed by atoms with Crippen molar-refractivity contribution in [1.82, 2.24) is 15.0 Å². The summed E-state index contributed by atoms with van der Waals surface area (Å²) in [6.07, 6.45) is 3.68. The average Bonchev–Trinajstić information content (AvgIpc) is 3.25. The van der Waals surface area contributed by atoms with Crippen molar-refractivity contribution >= 4 is 27.2 Å². The van der Waals surface area contributed by atoms with Crippen molar-refractivity contribution in [2.24, 2.45) is 0 Å². The number of hydrogen-bond acceptors (Lipinski definition) is 5. The lowest BCUT2D eigenvalue weighted by Gasteiger charge is -2.24. The van der Waals surface area contributed by atoms with E-state index >= 15 is 0 Å². The van der Waals surface area contributed by atoms with Gasteiger partial charge in [-0.15, -0.1) is 11.3 Å². The van der Waals surface area contributed by atoms with E-state index < -0.39 is 0 Å². The number of aromatic nitrogens is 3. The van der Waals surface area contributed by atoms with Crippen LogP contribution in [0, 0.1) is 0 Å². The molecule has 0 bridgehead atoms. The highest BCUT2D eigenvalue weighted by Crippen LogP contribution is 2.31. The van der Waals surface area contributed by atoms with Crippen LogP contribution in [-0.2, 0) is 13.1 Å². The molecule has 0 aliphatic rings. The molecule has 146 valence electrons. The second-order valence-corrected chi connectivity index (χ2v) is 8.06. The lowest BCUT2D eigenvalue weighted by atomic mass is 10.2. The van der Waals surface area contributed by atoms with Gasteiger partial charge in [-0.3, -0.25) is 9.97 Å². The average molecular weight is 409 g/mol. The van der Waals surface area contributed by atoms with Crippen LogP contribution in [0.1, 0.15) is 11.4 Å². The Morgan fingerprint density at radius 3 is 1.90 bits per heavy atom. The molecule has 0 saturated carbocycles. The molecule has 3 aromatic heterocycles. The summed E-state index contributed by atoms with van der Waals surface area (Å²) in [7, 11) is 0. The minimum Gasteiger partial charge on any atom is -0.360 e. The van der Waals surface area contributed by atoms with Gasteiger partial charge in [0.2, 0.25) is 0 Å². The van der Waals surface area contributed by atoms with Gasteiger partial charge in [-0.25, -0.2) is 4.98 Å². The number of para-hydroxylation sites is 1. The third-order valence-electron chi connectivity index (χ3n) is 4.93. The second-order valence-electron chi connectivity index (χ2n) is 7.03. The maximum absolute atomic E-state index is 4.78. The minimum atomic E-state index is 0.720. The lowest BCUT2D eigenvalue weighted by molar-refractivity contribution is 0.765. The van der Waals surface area contributed by atoms with Gasteiger partial charge in [-0.05, 0) is 60.7 Å². The molecule has 2 aromatic carbocycles. The molecule has 0 radical (unpaired) electrons. The molecule has 4 nitrogen and oxygen atoms in total. The first kappa shape index (κ1) is 18.5. The Bertz CT molecular complexity index is 1160. The van der Waals surface area contributed by atoms with Gasteiger partial charge < -0.3 is 4.90 Å². The van der Waals surface area contributed by atoms with E-state index in [-0.39, 0.29) is 0 Å². The monoisotopic (exact) mass is 408 g/mol. The van der Waals surface area contributed by atoms with Gasteiger partial charge in [0.1, 0.15) is 5.01 Å². The van der Waals surface area contributed by atoms with E-state index in [1.165, 1.54) is 4.70 Å². The van der Waals surface area contributed by atoms with Gasteiger partial charge in [-0.1, -0.05) is 24.3 Å². The van der Waals surface area contributed by atoms with Crippen LogP contribution in [0.5, 0.6) is 0 Å². The minimum absolute atomic E-state index is 0.720. The van der Waals surface area contributed by atoms with E-state index in [1.54, 1.807) is 11.3 Å². The fourth-order valence-electron chi connectivity index (χ4n) is 3.42. The Kier molecular flexibility index (Phi) is 5.19. The van der Waals surface area contributed by atoms with Crippen LogP contribution in [0.3, 0.4) is 0 Å². The summed E-state index contributed by atoms with van der Waals surface area (Å²) in [4.78, 5) is 16.1. The van der Waals surface area contributed by atoms with Crippen molar-refractivity contribution in [2.45, 2.75) is 13.1 Å². The zero-order chi connectivity index (χ0) is 20.2. The molecule has 0 amide bonds. The first-order valence-electron chi connectivity index (χ1n) is 9.86. The molecule has 5 rings (SSSR count). The molecule has 5 aromatic rings. The number of fused-ring (bicyclic) bond motifs is 1. The topological polar surface area (TPSA) is 41.9 Å². The van der Waals surface area contributed by atoms with Crippen LogP contribution in [0.25, 0.3) is 20.8 Å². The summed E-state index contributed by atoms with van der Waals surface area (Å²) in [5, 5.41) is 1.05. The Hall–Kier alpha value is -3.57. The molecule has 5 heteroatoms. The Morgan fingerprint density at radius 2 is 1.30 bits per heavy atom. The molecule has 0 spiro atoms. The molecule has 0 aliphatic heterocycles. The fourth-order valence-corrected chi connectivity index (χ4v) is 4.39. The number of benzene rings is 2.